The predicted octanol–water partition coefficient (Wildman–Crippen LogP) is 2.92. The van der Waals surface area contributed by atoms with Gasteiger partial charge in [0.1, 0.15) is 0 Å². The van der Waals surface area contributed by atoms with Crippen LogP contribution in [0.1, 0.15) is 25.5 Å². The highest BCUT2D eigenvalue weighted by Crippen LogP contribution is 2.23. The van der Waals surface area contributed by atoms with Crippen molar-refractivity contribution in [2.24, 2.45) is 5.92 Å². The van der Waals surface area contributed by atoms with Gasteiger partial charge in [0.05, 0.1) is 11.6 Å². The average molecular weight is 201 g/mol. The van der Waals surface area contributed by atoms with E-state index in [-0.39, 0.29) is 5.92 Å². The average Bonchev–Trinajstić information content (AvgIpc) is 2.27. The fourth-order valence-corrected chi connectivity index (χ4v) is 1.65. The number of aliphatic hydroxyl groups excluding tert-OH is 1. The summed E-state index contributed by atoms with van der Waals surface area (Å²) in [5.41, 5.74) is 1.88. The van der Waals surface area contributed by atoms with Crippen LogP contribution in [-0.4, -0.2) is 10.1 Å². The van der Waals surface area contributed by atoms with E-state index in [1.807, 2.05) is 44.2 Å². The number of benzene rings is 1. The first kappa shape index (κ1) is 10.1. The molecule has 2 rings (SSSR count). The molecule has 1 heterocycles. The van der Waals surface area contributed by atoms with E-state index in [0.717, 1.165) is 16.5 Å². The van der Waals surface area contributed by atoms with Gasteiger partial charge in [0.15, 0.2) is 0 Å². The van der Waals surface area contributed by atoms with Crippen molar-refractivity contribution in [1.29, 1.82) is 0 Å². The molecule has 2 nitrogen and oxygen atoms in total. The van der Waals surface area contributed by atoms with Crippen molar-refractivity contribution in [2.45, 2.75) is 20.0 Å². The van der Waals surface area contributed by atoms with E-state index >= 15 is 0 Å². The quantitative estimate of drug-likeness (QED) is 0.810. The second kappa shape index (κ2) is 3.99. The number of hydrogen-bond donors (Lipinski definition) is 1. The van der Waals surface area contributed by atoms with Crippen LogP contribution in [0.3, 0.4) is 0 Å². The second-order valence-electron chi connectivity index (χ2n) is 4.14. The lowest BCUT2D eigenvalue weighted by Gasteiger charge is -2.14. The summed E-state index contributed by atoms with van der Waals surface area (Å²) in [6.45, 7) is 4.01. The third kappa shape index (κ3) is 2.00. The van der Waals surface area contributed by atoms with E-state index < -0.39 is 6.10 Å². The maximum Gasteiger partial charge on any atom is 0.0813 e. The highest BCUT2D eigenvalue weighted by atomic mass is 16.3. The van der Waals surface area contributed by atoms with E-state index in [1.165, 1.54) is 0 Å². The molecule has 15 heavy (non-hydrogen) atoms. The molecule has 0 aliphatic rings. The molecular formula is C13H15NO. The van der Waals surface area contributed by atoms with Crippen molar-refractivity contribution >= 4 is 10.9 Å². The van der Waals surface area contributed by atoms with Crippen LogP contribution in [0, 0.1) is 5.92 Å². The normalized spacial score (nSPS) is 13.3. The number of aliphatic hydroxyl groups is 1. The van der Waals surface area contributed by atoms with E-state index in [2.05, 4.69) is 4.98 Å². The van der Waals surface area contributed by atoms with Crippen molar-refractivity contribution in [3.8, 4) is 0 Å². The Balaban J connectivity index is 2.47. The lowest BCUT2D eigenvalue weighted by molar-refractivity contribution is 0.127. The summed E-state index contributed by atoms with van der Waals surface area (Å²) in [6.07, 6.45) is 1.37. The molecule has 2 heteroatoms. The van der Waals surface area contributed by atoms with Gasteiger partial charge in [0, 0.05) is 11.6 Å². The lowest BCUT2D eigenvalue weighted by Crippen LogP contribution is -2.05. The van der Waals surface area contributed by atoms with Crippen LogP contribution >= 0.6 is 0 Å². The smallest absolute Gasteiger partial charge is 0.0813 e. The lowest BCUT2D eigenvalue weighted by atomic mass is 9.98. The molecule has 1 N–H and O–H groups in total. The van der Waals surface area contributed by atoms with Crippen molar-refractivity contribution < 1.29 is 5.11 Å². The highest BCUT2D eigenvalue weighted by molar-refractivity contribution is 5.78. The number of aromatic nitrogens is 1. The molecule has 0 aliphatic heterocycles. The summed E-state index contributed by atoms with van der Waals surface area (Å²) in [7, 11) is 0. The van der Waals surface area contributed by atoms with Gasteiger partial charge in [0.2, 0.25) is 0 Å². The maximum atomic E-state index is 9.93. The Morgan fingerprint density at radius 3 is 2.73 bits per heavy atom. The minimum Gasteiger partial charge on any atom is -0.388 e. The molecule has 0 fully saturated rings. The monoisotopic (exact) mass is 201 g/mol. The first-order valence-corrected chi connectivity index (χ1v) is 5.21. The van der Waals surface area contributed by atoms with Crippen LogP contribution in [0.15, 0.2) is 36.5 Å². The molecule has 0 saturated heterocycles. The SMILES string of the molecule is CC(C)C(O)c1ccc2cccnc2c1. The number of nitrogens with zero attached hydrogens (tertiary/aromatic N) is 1. The molecule has 0 spiro atoms. The van der Waals surface area contributed by atoms with Gasteiger partial charge in [-0.25, -0.2) is 0 Å². The number of hydrogen-bond acceptors (Lipinski definition) is 2. The second-order valence-corrected chi connectivity index (χ2v) is 4.14. The van der Waals surface area contributed by atoms with Gasteiger partial charge in [-0.3, -0.25) is 4.98 Å². The van der Waals surface area contributed by atoms with Crippen LogP contribution in [0.2, 0.25) is 0 Å². The number of fused-ring (bicyclic) bond motifs is 1. The van der Waals surface area contributed by atoms with Gasteiger partial charge in [-0.2, -0.15) is 0 Å². The van der Waals surface area contributed by atoms with Crippen LogP contribution in [0.25, 0.3) is 10.9 Å². The Morgan fingerprint density at radius 2 is 2.00 bits per heavy atom. The maximum absolute atomic E-state index is 9.93. The molecular weight excluding hydrogens is 186 g/mol. The van der Waals surface area contributed by atoms with Crippen molar-refractivity contribution in [3.63, 3.8) is 0 Å². The predicted molar refractivity (Wildman–Crippen MR) is 61.5 cm³/mol. The molecule has 0 radical (unpaired) electrons. The van der Waals surface area contributed by atoms with E-state index in [0.29, 0.717) is 0 Å². The Bertz CT molecular complexity index is 465. The summed E-state index contributed by atoms with van der Waals surface area (Å²) < 4.78 is 0. The summed E-state index contributed by atoms with van der Waals surface area (Å²) in [6, 6.07) is 9.87. The fourth-order valence-electron chi connectivity index (χ4n) is 1.65. The third-order valence-electron chi connectivity index (χ3n) is 2.60. The standard InChI is InChI=1S/C13H15NO/c1-9(2)13(15)11-6-5-10-4-3-7-14-12(10)8-11/h3-9,13,15H,1-2H3. The molecule has 1 atom stereocenters. The topological polar surface area (TPSA) is 33.1 Å². The van der Waals surface area contributed by atoms with Gasteiger partial charge in [-0.15, -0.1) is 0 Å². The molecule has 1 aromatic carbocycles. The van der Waals surface area contributed by atoms with Gasteiger partial charge in [0.25, 0.3) is 0 Å². The Morgan fingerprint density at radius 1 is 1.20 bits per heavy atom. The van der Waals surface area contributed by atoms with Crippen molar-refractivity contribution in [3.05, 3.63) is 42.1 Å². The Kier molecular flexibility index (Phi) is 2.69. The van der Waals surface area contributed by atoms with Crippen LogP contribution in [0.5, 0.6) is 0 Å². The molecule has 0 saturated carbocycles. The summed E-state index contributed by atoms with van der Waals surface area (Å²) in [5.74, 6) is 0.228. The van der Waals surface area contributed by atoms with E-state index in [9.17, 15) is 5.11 Å². The van der Waals surface area contributed by atoms with Gasteiger partial charge in [-0.05, 0) is 23.6 Å². The zero-order valence-corrected chi connectivity index (χ0v) is 9.01. The largest absolute Gasteiger partial charge is 0.388 e. The van der Waals surface area contributed by atoms with Gasteiger partial charge >= 0.3 is 0 Å². The van der Waals surface area contributed by atoms with Crippen molar-refractivity contribution in [1.82, 2.24) is 4.98 Å². The molecule has 0 bridgehead atoms. The molecule has 1 unspecified atom stereocenters. The fraction of sp³-hybridized carbons (Fsp3) is 0.308. The summed E-state index contributed by atoms with van der Waals surface area (Å²) >= 11 is 0. The summed E-state index contributed by atoms with van der Waals surface area (Å²) in [4.78, 5) is 4.27. The zero-order chi connectivity index (χ0) is 10.8. The number of rotatable bonds is 2. The molecule has 0 amide bonds. The minimum absolute atomic E-state index is 0.228. The third-order valence-corrected chi connectivity index (χ3v) is 2.60. The minimum atomic E-state index is -0.406. The van der Waals surface area contributed by atoms with E-state index in [1.54, 1.807) is 6.20 Å². The molecule has 1 aromatic heterocycles. The van der Waals surface area contributed by atoms with Crippen LogP contribution < -0.4 is 0 Å². The first-order chi connectivity index (χ1) is 7.18. The molecule has 2 aromatic rings. The molecule has 0 aliphatic carbocycles. The highest BCUT2D eigenvalue weighted by Gasteiger charge is 2.11. The van der Waals surface area contributed by atoms with Crippen molar-refractivity contribution in [2.75, 3.05) is 0 Å². The Labute approximate surface area is 89.6 Å². The van der Waals surface area contributed by atoms with Crippen LogP contribution in [0.4, 0.5) is 0 Å². The van der Waals surface area contributed by atoms with E-state index in [4.69, 9.17) is 0 Å². The van der Waals surface area contributed by atoms with Gasteiger partial charge in [-0.1, -0.05) is 32.0 Å². The van der Waals surface area contributed by atoms with Gasteiger partial charge < -0.3 is 5.11 Å². The summed E-state index contributed by atoms with van der Waals surface area (Å²) in [5, 5.41) is 11.0. The first-order valence-electron chi connectivity index (χ1n) is 5.21. The Hall–Kier alpha value is -1.41. The number of pyridine rings is 1. The molecule has 78 valence electrons. The van der Waals surface area contributed by atoms with Crippen LogP contribution in [-0.2, 0) is 0 Å². The zero-order valence-electron chi connectivity index (χ0n) is 9.01.